The highest BCUT2D eigenvalue weighted by atomic mass is 19.2. The molecular weight excluding hydrogens is 475 g/mol. The molecule has 2 nitrogen and oxygen atoms in total. The van der Waals surface area contributed by atoms with Crippen molar-refractivity contribution in [2.75, 3.05) is 6.61 Å². The van der Waals surface area contributed by atoms with Gasteiger partial charge in [0.05, 0.1) is 12.7 Å². The Labute approximate surface area is 208 Å². The van der Waals surface area contributed by atoms with Crippen molar-refractivity contribution in [3.05, 3.63) is 88.7 Å². The first-order chi connectivity index (χ1) is 17.4. The number of rotatable bonds is 9. The highest BCUT2D eigenvalue weighted by Gasteiger charge is 2.23. The van der Waals surface area contributed by atoms with Crippen LogP contribution in [0.3, 0.4) is 0 Å². The second-order valence-corrected chi connectivity index (χ2v) is 9.31. The molecule has 1 aliphatic heterocycles. The molecule has 36 heavy (non-hydrogen) atoms. The smallest absolute Gasteiger partial charge is 0.194 e. The van der Waals surface area contributed by atoms with Crippen LogP contribution in [0.25, 0.3) is 11.1 Å². The first-order valence-corrected chi connectivity index (χ1v) is 12.3. The molecule has 0 N–H and O–H groups in total. The zero-order valence-corrected chi connectivity index (χ0v) is 20.1. The van der Waals surface area contributed by atoms with Gasteiger partial charge in [-0.05, 0) is 71.7 Å². The Morgan fingerprint density at radius 1 is 0.806 bits per heavy atom. The number of unbranched alkanes of at least 4 members (excludes halogenated alkanes) is 2. The molecule has 4 rings (SSSR count). The molecule has 2 unspecified atom stereocenters. The van der Waals surface area contributed by atoms with Gasteiger partial charge in [-0.25, -0.2) is 22.0 Å². The van der Waals surface area contributed by atoms with Crippen LogP contribution in [0.1, 0.15) is 62.7 Å². The van der Waals surface area contributed by atoms with Crippen LogP contribution in [0.4, 0.5) is 22.0 Å². The van der Waals surface area contributed by atoms with Crippen LogP contribution in [0.2, 0.25) is 0 Å². The van der Waals surface area contributed by atoms with E-state index in [0.717, 1.165) is 37.1 Å². The predicted molar refractivity (Wildman–Crippen MR) is 128 cm³/mol. The standard InChI is InChI=1S/C29H29F5O2/c1-2-3-4-5-18-6-11-27(35-16-18)21-9-7-20(8-10-21)22-14-25(32)29(26(33)15-22)36-17-19-12-23(30)28(34)24(31)13-19/h7-10,12-15,18,27H,2-6,11,16-17H2,1H3. The number of hydrogen-bond donors (Lipinski definition) is 0. The van der Waals surface area contributed by atoms with E-state index in [-0.39, 0.29) is 11.7 Å². The van der Waals surface area contributed by atoms with Crippen molar-refractivity contribution in [3.8, 4) is 16.9 Å². The third-order valence-corrected chi connectivity index (χ3v) is 6.63. The second kappa shape index (κ2) is 11.9. The molecule has 7 heteroatoms. The van der Waals surface area contributed by atoms with Crippen molar-refractivity contribution >= 4 is 0 Å². The van der Waals surface area contributed by atoms with E-state index < -0.39 is 41.4 Å². The molecule has 0 radical (unpaired) electrons. The lowest BCUT2D eigenvalue weighted by atomic mass is 9.90. The lowest BCUT2D eigenvalue weighted by molar-refractivity contribution is -0.0198. The average molecular weight is 505 g/mol. The van der Waals surface area contributed by atoms with Crippen LogP contribution in [-0.4, -0.2) is 6.61 Å². The van der Waals surface area contributed by atoms with Crippen molar-refractivity contribution < 1.29 is 31.4 Å². The fourth-order valence-electron chi connectivity index (χ4n) is 4.58. The Balaban J connectivity index is 1.39. The molecule has 0 aromatic heterocycles. The number of halogens is 5. The van der Waals surface area contributed by atoms with Crippen LogP contribution in [0, 0.1) is 35.0 Å². The van der Waals surface area contributed by atoms with Crippen molar-refractivity contribution in [1.29, 1.82) is 0 Å². The summed E-state index contributed by atoms with van der Waals surface area (Å²) >= 11 is 0. The monoisotopic (exact) mass is 504 g/mol. The molecule has 3 aromatic carbocycles. The first kappa shape index (κ1) is 26.1. The predicted octanol–water partition coefficient (Wildman–Crippen LogP) is 8.68. The third kappa shape index (κ3) is 6.25. The Morgan fingerprint density at radius 2 is 1.47 bits per heavy atom. The molecule has 1 fully saturated rings. The molecule has 1 saturated heterocycles. The van der Waals surface area contributed by atoms with Crippen molar-refractivity contribution in [3.63, 3.8) is 0 Å². The highest BCUT2D eigenvalue weighted by Crippen LogP contribution is 2.35. The van der Waals surface area contributed by atoms with Crippen LogP contribution >= 0.6 is 0 Å². The van der Waals surface area contributed by atoms with Crippen LogP contribution in [0.15, 0.2) is 48.5 Å². The van der Waals surface area contributed by atoms with Crippen molar-refractivity contribution in [2.24, 2.45) is 5.92 Å². The van der Waals surface area contributed by atoms with Gasteiger partial charge in [-0.2, -0.15) is 0 Å². The van der Waals surface area contributed by atoms with Gasteiger partial charge in [0, 0.05) is 0 Å². The summed E-state index contributed by atoms with van der Waals surface area (Å²) in [5.74, 6) is -6.40. The van der Waals surface area contributed by atoms with Crippen LogP contribution in [-0.2, 0) is 11.3 Å². The van der Waals surface area contributed by atoms with Crippen molar-refractivity contribution in [2.45, 2.75) is 58.2 Å². The van der Waals surface area contributed by atoms with Gasteiger partial charge in [-0.3, -0.25) is 0 Å². The minimum Gasteiger partial charge on any atom is -0.483 e. The number of ether oxygens (including phenoxy) is 2. The summed E-state index contributed by atoms with van der Waals surface area (Å²) in [6, 6.07) is 11.1. The van der Waals surface area contributed by atoms with Gasteiger partial charge in [0.15, 0.2) is 34.8 Å². The highest BCUT2D eigenvalue weighted by molar-refractivity contribution is 5.65. The van der Waals surface area contributed by atoms with Gasteiger partial charge in [-0.15, -0.1) is 0 Å². The maximum Gasteiger partial charge on any atom is 0.194 e. The lowest BCUT2D eigenvalue weighted by Crippen LogP contribution is -2.20. The summed E-state index contributed by atoms with van der Waals surface area (Å²) in [4.78, 5) is 0. The maximum absolute atomic E-state index is 14.6. The Kier molecular flexibility index (Phi) is 8.62. The largest absolute Gasteiger partial charge is 0.483 e. The fourth-order valence-corrected chi connectivity index (χ4v) is 4.58. The van der Waals surface area contributed by atoms with Crippen LogP contribution in [0.5, 0.6) is 5.75 Å². The van der Waals surface area contributed by atoms with Gasteiger partial charge in [0.1, 0.15) is 6.61 Å². The minimum absolute atomic E-state index is 0.0202. The molecule has 1 heterocycles. The van der Waals surface area contributed by atoms with Gasteiger partial charge in [0.25, 0.3) is 0 Å². The normalized spacial score (nSPS) is 17.8. The molecule has 0 spiro atoms. The maximum atomic E-state index is 14.6. The molecule has 1 aliphatic rings. The molecule has 0 aliphatic carbocycles. The Morgan fingerprint density at radius 3 is 2.06 bits per heavy atom. The third-order valence-electron chi connectivity index (χ3n) is 6.63. The summed E-state index contributed by atoms with van der Waals surface area (Å²) in [5.41, 5.74) is 1.88. The van der Waals surface area contributed by atoms with Crippen molar-refractivity contribution in [1.82, 2.24) is 0 Å². The number of hydrogen-bond acceptors (Lipinski definition) is 2. The summed E-state index contributed by atoms with van der Waals surface area (Å²) in [7, 11) is 0. The van der Waals surface area contributed by atoms with Gasteiger partial charge < -0.3 is 9.47 Å². The molecule has 0 saturated carbocycles. The SMILES string of the molecule is CCCCCC1CCC(c2ccc(-c3cc(F)c(OCc4cc(F)c(F)c(F)c4)c(F)c3)cc2)OC1. The van der Waals surface area contributed by atoms with E-state index in [1.165, 1.54) is 25.7 Å². The fraction of sp³-hybridized carbons (Fsp3) is 0.379. The average Bonchev–Trinajstić information content (AvgIpc) is 2.87. The van der Waals surface area contributed by atoms with E-state index in [4.69, 9.17) is 9.47 Å². The van der Waals surface area contributed by atoms with E-state index in [1.54, 1.807) is 12.1 Å². The Hall–Kier alpha value is -2.93. The molecule has 192 valence electrons. The first-order valence-electron chi connectivity index (χ1n) is 12.3. The van der Waals surface area contributed by atoms with E-state index in [0.29, 0.717) is 29.2 Å². The summed E-state index contributed by atoms with van der Waals surface area (Å²) in [6.07, 6.45) is 7.01. The summed E-state index contributed by atoms with van der Waals surface area (Å²) < 4.78 is 80.3. The number of benzene rings is 3. The molecule has 3 aromatic rings. The molecule has 0 amide bonds. The molecular formula is C29H29F5O2. The van der Waals surface area contributed by atoms with Gasteiger partial charge in [-0.1, -0.05) is 50.5 Å². The molecule has 2 atom stereocenters. The van der Waals surface area contributed by atoms with Gasteiger partial charge in [0.2, 0.25) is 0 Å². The zero-order chi connectivity index (χ0) is 25.7. The lowest BCUT2D eigenvalue weighted by Gasteiger charge is -2.29. The van der Waals surface area contributed by atoms with E-state index in [9.17, 15) is 22.0 Å². The minimum atomic E-state index is -1.62. The summed E-state index contributed by atoms with van der Waals surface area (Å²) in [5, 5.41) is 0. The zero-order valence-electron chi connectivity index (χ0n) is 20.1. The van der Waals surface area contributed by atoms with E-state index in [2.05, 4.69) is 6.92 Å². The van der Waals surface area contributed by atoms with Crippen LogP contribution < -0.4 is 4.74 Å². The molecule has 0 bridgehead atoms. The Bertz CT molecular complexity index is 1120. The van der Waals surface area contributed by atoms with E-state index >= 15 is 0 Å². The van der Waals surface area contributed by atoms with Gasteiger partial charge >= 0.3 is 0 Å². The topological polar surface area (TPSA) is 18.5 Å². The quantitative estimate of drug-likeness (QED) is 0.165. The summed E-state index contributed by atoms with van der Waals surface area (Å²) in [6.45, 7) is 2.42. The van der Waals surface area contributed by atoms with E-state index in [1.807, 2.05) is 12.1 Å². The second-order valence-electron chi connectivity index (χ2n) is 9.31.